The summed E-state index contributed by atoms with van der Waals surface area (Å²) in [4.78, 5) is 12.2. The first-order valence-corrected chi connectivity index (χ1v) is 10.4. The van der Waals surface area contributed by atoms with Crippen molar-refractivity contribution in [2.45, 2.75) is 50.7 Å². The van der Waals surface area contributed by atoms with Gasteiger partial charge in [0.15, 0.2) is 9.84 Å². The number of sulfone groups is 1. The van der Waals surface area contributed by atoms with Crippen LogP contribution in [0.1, 0.15) is 44.4 Å². The average molecular weight is 374 g/mol. The molecule has 5 heteroatoms. The molecule has 0 aliphatic heterocycles. The highest BCUT2D eigenvalue weighted by molar-refractivity contribution is 7.92. The van der Waals surface area contributed by atoms with Gasteiger partial charge in [0.2, 0.25) is 5.91 Å². The molecule has 0 saturated heterocycles. The number of hydrogen-bond donors (Lipinski definition) is 1. The topological polar surface area (TPSA) is 63.2 Å². The van der Waals surface area contributed by atoms with Gasteiger partial charge in [0.1, 0.15) is 5.25 Å². The Kier molecular flexibility index (Phi) is 6.24. The van der Waals surface area contributed by atoms with E-state index in [1.807, 2.05) is 54.6 Å². The summed E-state index contributed by atoms with van der Waals surface area (Å²) in [5.41, 5.74) is 2.79. The van der Waals surface area contributed by atoms with Crippen LogP contribution in [0.25, 0.3) is 0 Å². The van der Waals surface area contributed by atoms with Gasteiger partial charge in [-0.1, -0.05) is 75.4 Å². The van der Waals surface area contributed by atoms with Gasteiger partial charge in [0.05, 0.1) is 5.75 Å². The molecule has 0 aliphatic rings. The SMILES string of the molecule is CC(C(=O)NCc1ccccc1)S(=O)(=O)Cc1ccc(C(C)(C)C)cc1. The van der Waals surface area contributed by atoms with E-state index >= 15 is 0 Å². The van der Waals surface area contributed by atoms with E-state index in [4.69, 9.17) is 0 Å². The second-order valence-electron chi connectivity index (χ2n) is 7.60. The Morgan fingerprint density at radius 3 is 2.08 bits per heavy atom. The monoisotopic (exact) mass is 373 g/mol. The van der Waals surface area contributed by atoms with Crippen LogP contribution in [0.3, 0.4) is 0 Å². The van der Waals surface area contributed by atoms with Crippen molar-refractivity contribution in [3.63, 3.8) is 0 Å². The quantitative estimate of drug-likeness (QED) is 0.841. The molecule has 0 heterocycles. The lowest BCUT2D eigenvalue weighted by Gasteiger charge is -2.19. The van der Waals surface area contributed by atoms with Crippen LogP contribution in [0.15, 0.2) is 54.6 Å². The van der Waals surface area contributed by atoms with Crippen LogP contribution in [-0.4, -0.2) is 19.6 Å². The number of carbonyl (C=O) groups is 1. The summed E-state index contributed by atoms with van der Waals surface area (Å²) in [7, 11) is -3.58. The van der Waals surface area contributed by atoms with Crippen LogP contribution in [0.2, 0.25) is 0 Å². The molecule has 0 saturated carbocycles. The highest BCUT2D eigenvalue weighted by Gasteiger charge is 2.28. The number of rotatable bonds is 6. The van der Waals surface area contributed by atoms with Gasteiger partial charge < -0.3 is 5.32 Å². The van der Waals surface area contributed by atoms with Gasteiger partial charge in [-0.05, 0) is 29.0 Å². The van der Waals surface area contributed by atoms with Crippen molar-refractivity contribution in [2.75, 3.05) is 0 Å². The Balaban J connectivity index is 2.00. The Morgan fingerprint density at radius 1 is 0.962 bits per heavy atom. The zero-order valence-electron chi connectivity index (χ0n) is 15.8. The molecule has 1 amide bonds. The van der Waals surface area contributed by atoms with Crippen LogP contribution in [0.5, 0.6) is 0 Å². The van der Waals surface area contributed by atoms with E-state index in [-0.39, 0.29) is 11.2 Å². The predicted octanol–water partition coefficient (Wildman–Crippen LogP) is 3.60. The molecule has 0 aliphatic carbocycles. The van der Waals surface area contributed by atoms with Crippen molar-refractivity contribution < 1.29 is 13.2 Å². The van der Waals surface area contributed by atoms with Crippen LogP contribution in [0, 0.1) is 0 Å². The predicted molar refractivity (Wildman–Crippen MR) is 106 cm³/mol. The van der Waals surface area contributed by atoms with Gasteiger partial charge in [-0.15, -0.1) is 0 Å². The van der Waals surface area contributed by atoms with Gasteiger partial charge >= 0.3 is 0 Å². The first-order chi connectivity index (χ1) is 12.1. The van der Waals surface area contributed by atoms with E-state index in [9.17, 15) is 13.2 Å². The number of amides is 1. The third kappa shape index (κ3) is 5.43. The van der Waals surface area contributed by atoms with Crippen molar-refractivity contribution in [2.24, 2.45) is 0 Å². The maximum atomic E-state index is 12.6. The third-order valence-electron chi connectivity index (χ3n) is 4.41. The zero-order chi connectivity index (χ0) is 19.4. The van der Waals surface area contributed by atoms with Crippen LogP contribution in [0.4, 0.5) is 0 Å². The Morgan fingerprint density at radius 2 is 1.54 bits per heavy atom. The summed E-state index contributed by atoms with van der Waals surface area (Å²) in [5.74, 6) is -0.614. The maximum Gasteiger partial charge on any atom is 0.238 e. The molecule has 0 fully saturated rings. The lowest BCUT2D eigenvalue weighted by Crippen LogP contribution is -2.38. The first kappa shape index (κ1) is 20.2. The molecule has 1 atom stereocenters. The van der Waals surface area contributed by atoms with E-state index in [0.29, 0.717) is 12.1 Å². The summed E-state index contributed by atoms with van der Waals surface area (Å²) in [5, 5.41) is 1.61. The number of benzene rings is 2. The van der Waals surface area contributed by atoms with E-state index < -0.39 is 21.0 Å². The fraction of sp³-hybridized carbons (Fsp3) is 0.381. The van der Waals surface area contributed by atoms with Gasteiger partial charge in [-0.3, -0.25) is 4.79 Å². The van der Waals surface area contributed by atoms with Crippen molar-refractivity contribution in [1.29, 1.82) is 0 Å². The molecule has 0 spiro atoms. The molecule has 4 nitrogen and oxygen atoms in total. The Hall–Kier alpha value is -2.14. The largest absolute Gasteiger partial charge is 0.351 e. The first-order valence-electron chi connectivity index (χ1n) is 8.72. The van der Waals surface area contributed by atoms with Crippen molar-refractivity contribution in [3.05, 3.63) is 71.3 Å². The van der Waals surface area contributed by atoms with Crippen molar-refractivity contribution in [1.82, 2.24) is 5.32 Å². The third-order valence-corrected chi connectivity index (χ3v) is 6.43. The summed E-state index contributed by atoms with van der Waals surface area (Å²) in [6, 6.07) is 17.0. The second kappa shape index (κ2) is 8.04. The molecule has 0 aromatic heterocycles. The van der Waals surface area contributed by atoms with Crippen LogP contribution in [-0.2, 0) is 32.3 Å². The lowest BCUT2D eigenvalue weighted by molar-refractivity contribution is -0.120. The maximum absolute atomic E-state index is 12.6. The number of nitrogens with one attached hydrogen (secondary N) is 1. The highest BCUT2D eigenvalue weighted by atomic mass is 32.2. The minimum atomic E-state index is -3.58. The molecule has 0 radical (unpaired) electrons. The van der Waals surface area contributed by atoms with Crippen molar-refractivity contribution in [3.8, 4) is 0 Å². The highest BCUT2D eigenvalue weighted by Crippen LogP contribution is 2.23. The minimum absolute atomic E-state index is 0.0159. The molecule has 1 N–H and O–H groups in total. The van der Waals surface area contributed by atoms with Gasteiger partial charge in [0.25, 0.3) is 0 Å². The minimum Gasteiger partial charge on any atom is -0.351 e. The van der Waals surface area contributed by atoms with Crippen LogP contribution >= 0.6 is 0 Å². The van der Waals surface area contributed by atoms with E-state index in [1.54, 1.807) is 0 Å². The zero-order valence-corrected chi connectivity index (χ0v) is 16.6. The lowest BCUT2D eigenvalue weighted by atomic mass is 9.87. The molecule has 26 heavy (non-hydrogen) atoms. The summed E-state index contributed by atoms with van der Waals surface area (Å²) >= 11 is 0. The molecule has 2 aromatic carbocycles. The molecule has 0 bridgehead atoms. The van der Waals surface area contributed by atoms with E-state index in [2.05, 4.69) is 26.1 Å². The summed E-state index contributed by atoms with van der Waals surface area (Å²) in [6.45, 7) is 8.09. The normalized spacial score (nSPS) is 13.2. The molecule has 1 unspecified atom stereocenters. The van der Waals surface area contributed by atoms with Gasteiger partial charge in [-0.25, -0.2) is 8.42 Å². The second-order valence-corrected chi connectivity index (χ2v) is 9.92. The molecule has 2 aromatic rings. The average Bonchev–Trinajstić information content (AvgIpc) is 2.59. The van der Waals surface area contributed by atoms with Gasteiger partial charge in [0, 0.05) is 6.54 Å². The molecular formula is C21H27NO3S. The Bertz CT molecular complexity index is 835. The van der Waals surface area contributed by atoms with Crippen molar-refractivity contribution >= 4 is 15.7 Å². The van der Waals surface area contributed by atoms with Crippen LogP contribution < -0.4 is 5.32 Å². The fourth-order valence-electron chi connectivity index (χ4n) is 2.55. The number of carbonyl (C=O) groups excluding carboxylic acids is 1. The molecular weight excluding hydrogens is 346 g/mol. The molecule has 2 rings (SSSR count). The van der Waals surface area contributed by atoms with E-state index in [1.165, 1.54) is 6.92 Å². The Labute approximate surface area is 156 Å². The smallest absolute Gasteiger partial charge is 0.238 e. The van der Waals surface area contributed by atoms with E-state index in [0.717, 1.165) is 11.1 Å². The number of hydrogen-bond acceptors (Lipinski definition) is 3. The summed E-state index contributed by atoms with van der Waals surface area (Å²) < 4.78 is 25.1. The fourth-order valence-corrected chi connectivity index (χ4v) is 3.87. The van der Waals surface area contributed by atoms with Gasteiger partial charge in [-0.2, -0.15) is 0 Å². The molecule has 140 valence electrons. The summed E-state index contributed by atoms with van der Waals surface area (Å²) in [6.07, 6.45) is 0. The standard InChI is InChI=1S/C21H27NO3S/c1-16(20(23)22-14-17-8-6-5-7-9-17)26(24,25)15-18-10-12-19(13-11-18)21(2,3)4/h5-13,16H,14-15H2,1-4H3,(H,22,23).